The van der Waals surface area contributed by atoms with Gasteiger partial charge in [0.15, 0.2) is 0 Å². The molecule has 0 atom stereocenters. The van der Waals surface area contributed by atoms with Crippen LogP contribution in [0.25, 0.3) is 0 Å². The fourth-order valence-corrected chi connectivity index (χ4v) is 5.56. The monoisotopic (exact) mass is 436 g/mol. The van der Waals surface area contributed by atoms with Gasteiger partial charge >= 0.3 is 0 Å². The van der Waals surface area contributed by atoms with Crippen molar-refractivity contribution in [2.24, 2.45) is 0 Å². The van der Waals surface area contributed by atoms with E-state index in [0.29, 0.717) is 16.8 Å². The van der Waals surface area contributed by atoms with Crippen molar-refractivity contribution in [2.45, 2.75) is 32.2 Å². The Hall–Kier alpha value is -2.96. The first-order valence-electron chi connectivity index (χ1n) is 10.1. The Morgan fingerprint density at radius 2 is 1.35 bits per heavy atom. The van der Waals surface area contributed by atoms with Gasteiger partial charge in [-0.3, -0.25) is 4.79 Å². The maximum atomic E-state index is 13.7. The van der Waals surface area contributed by atoms with E-state index in [9.17, 15) is 13.2 Å². The highest BCUT2D eigenvalue weighted by Gasteiger charge is 2.31. The summed E-state index contributed by atoms with van der Waals surface area (Å²) in [5.74, 6) is -0.298. The Balaban J connectivity index is 1.99. The highest BCUT2D eigenvalue weighted by molar-refractivity contribution is 7.89. The van der Waals surface area contributed by atoms with Gasteiger partial charge in [0, 0.05) is 19.3 Å². The van der Waals surface area contributed by atoms with Crippen LogP contribution in [-0.2, 0) is 21.4 Å². The van der Waals surface area contributed by atoms with E-state index in [-0.39, 0.29) is 23.9 Å². The van der Waals surface area contributed by atoms with Crippen LogP contribution in [0, 0.1) is 20.8 Å². The van der Waals surface area contributed by atoms with E-state index in [0.717, 1.165) is 11.1 Å². The fourth-order valence-electron chi connectivity index (χ4n) is 3.77. The third-order valence-corrected chi connectivity index (χ3v) is 7.33. The molecule has 0 aliphatic heterocycles. The minimum atomic E-state index is -3.90. The van der Waals surface area contributed by atoms with Crippen LogP contribution < -0.4 is 4.90 Å². The van der Waals surface area contributed by atoms with Gasteiger partial charge in [0.1, 0.15) is 0 Å². The van der Waals surface area contributed by atoms with Crippen molar-refractivity contribution in [1.29, 1.82) is 0 Å². The van der Waals surface area contributed by atoms with Gasteiger partial charge in [-0.25, -0.2) is 8.42 Å². The lowest BCUT2D eigenvalue weighted by Gasteiger charge is -2.26. The van der Waals surface area contributed by atoms with E-state index in [2.05, 4.69) is 0 Å². The van der Waals surface area contributed by atoms with Crippen LogP contribution in [0.4, 0.5) is 5.69 Å². The van der Waals surface area contributed by atoms with Gasteiger partial charge < -0.3 is 4.90 Å². The zero-order chi connectivity index (χ0) is 22.6. The highest BCUT2D eigenvalue weighted by atomic mass is 32.2. The number of benzene rings is 3. The number of hydrogen-bond acceptors (Lipinski definition) is 3. The first-order valence-corrected chi connectivity index (χ1v) is 11.6. The SMILES string of the molecule is Cc1cc(C)c(S(=O)(=O)N(CC(=O)N(C)c2ccccc2)Cc2ccccc2)c(C)c1. The third kappa shape index (κ3) is 5.21. The molecule has 3 aromatic rings. The molecule has 0 saturated carbocycles. The zero-order valence-electron chi connectivity index (χ0n) is 18.4. The molecule has 0 fully saturated rings. The number of carbonyl (C=O) groups is 1. The van der Waals surface area contributed by atoms with Gasteiger partial charge in [-0.05, 0) is 49.6 Å². The number of carbonyl (C=O) groups excluding carboxylic acids is 1. The standard InChI is InChI=1S/C25H28N2O3S/c1-19-15-20(2)25(21(3)16-19)31(29,30)27(17-22-11-7-5-8-12-22)18-24(28)26(4)23-13-9-6-10-14-23/h5-16H,17-18H2,1-4H3. The average molecular weight is 437 g/mol. The summed E-state index contributed by atoms with van der Waals surface area (Å²) in [5.41, 5.74) is 3.90. The number of nitrogens with zero attached hydrogens (tertiary/aromatic N) is 2. The molecule has 0 unspecified atom stereocenters. The Kier molecular flexibility index (Phi) is 6.93. The number of amides is 1. The van der Waals surface area contributed by atoms with Gasteiger partial charge in [0.25, 0.3) is 0 Å². The molecule has 0 aliphatic carbocycles. The third-order valence-electron chi connectivity index (χ3n) is 5.23. The lowest BCUT2D eigenvalue weighted by atomic mass is 10.1. The average Bonchev–Trinajstić information content (AvgIpc) is 2.73. The van der Waals surface area contributed by atoms with Crippen molar-refractivity contribution in [3.05, 3.63) is 95.1 Å². The molecule has 0 N–H and O–H groups in total. The summed E-state index contributed by atoms with van der Waals surface area (Å²) in [6.07, 6.45) is 0. The second-order valence-corrected chi connectivity index (χ2v) is 9.65. The summed E-state index contributed by atoms with van der Waals surface area (Å²) in [5, 5.41) is 0. The molecular formula is C25H28N2O3S. The largest absolute Gasteiger partial charge is 0.314 e. The molecular weight excluding hydrogens is 408 g/mol. The second kappa shape index (κ2) is 9.45. The lowest BCUT2D eigenvalue weighted by molar-refractivity contribution is -0.118. The summed E-state index contributed by atoms with van der Waals surface area (Å²) in [6.45, 7) is 5.40. The summed E-state index contributed by atoms with van der Waals surface area (Å²) in [6, 6.07) is 22.3. The minimum absolute atomic E-state index is 0.115. The maximum absolute atomic E-state index is 13.7. The molecule has 162 valence electrons. The van der Waals surface area contributed by atoms with Gasteiger partial charge in [0.2, 0.25) is 15.9 Å². The lowest BCUT2D eigenvalue weighted by Crippen LogP contribution is -2.41. The molecule has 0 radical (unpaired) electrons. The first-order chi connectivity index (χ1) is 14.7. The quantitative estimate of drug-likeness (QED) is 0.549. The summed E-state index contributed by atoms with van der Waals surface area (Å²) in [4.78, 5) is 14.8. The molecule has 1 amide bonds. The normalized spacial score (nSPS) is 11.5. The van der Waals surface area contributed by atoms with Crippen molar-refractivity contribution in [3.63, 3.8) is 0 Å². The Morgan fingerprint density at radius 1 is 0.839 bits per heavy atom. The molecule has 5 nitrogen and oxygen atoms in total. The molecule has 0 spiro atoms. The van der Waals surface area contributed by atoms with Crippen LogP contribution in [0.15, 0.2) is 77.7 Å². The topological polar surface area (TPSA) is 57.7 Å². The fraction of sp³-hybridized carbons (Fsp3) is 0.240. The van der Waals surface area contributed by atoms with Crippen molar-refractivity contribution in [3.8, 4) is 0 Å². The Bertz CT molecular complexity index is 1140. The molecule has 0 aromatic heterocycles. The maximum Gasteiger partial charge on any atom is 0.244 e. The van der Waals surface area contributed by atoms with Gasteiger partial charge in [-0.2, -0.15) is 4.31 Å². The number of aryl methyl sites for hydroxylation is 3. The number of para-hydroxylation sites is 1. The van der Waals surface area contributed by atoms with E-state index < -0.39 is 10.0 Å². The molecule has 0 saturated heterocycles. The van der Waals surface area contributed by atoms with Crippen LogP contribution in [0.2, 0.25) is 0 Å². The highest BCUT2D eigenvalue weighted by Crippen LogP contribution is 2.27. The molecule has 6 heteroatoms. The number of hydrogen-bond donors (Lipinski definition) is 0. The van der Waals surface area contributed by atoms with Crippen LogP contribution >= 0.6 is 0 Å². The van der Waals surface area contributed by atoms with Gasteiger partial charge in [-0.1, -0.05) is 66.2 Å². The van der Waals surface area contributed by atoms with Gasteiger partial charge in [0.05, 0.1) is 11.4 Å². The smallest absolute Gasteiger partial charge is 0.244 e. The van der Waals surface area contributed by atoms with Crippen molar-refractivity contribution in [1.82, 2.24) is 4.31 Å². The van der Waals surface area contributed by atoms with Crippen LogP contribution in [0.5, 0.6) is 0 Å². The number of rotatable bonds is 7. The Labute approximate surface area is 185 Å². The van der Waals surface area contributed by atoms with Crippen LogP contribution in [-0.4, -0.2) is 32.2 Å². The summed E-state index contributed by atoms with van der Waals surface area (Å²) >= 11 is 0. The van der Waals surface area contributed by atoms with Crippen molar-refractivity contribution in [2.75, 3.05) is 18.5 Å². The first kappa shape index (κ1) is 22.7. The number of sulfonamides is 1. The summed E-state index contributed by atoms with van der Waals surface area (Å²) in [7, 11) is -2.24. The van der Waals surface area contributed by atoms with Crippen LogP contribution in [0.1, 0.15) is 22.3 Å². The van der Waals surface area contributed by atoms with E-state index in [1.807, 2.05) is 79.7 Å². The number of anilines is 1. The molecule has 0 aliphatic rings. The number of likely N-dealkylation sites (N-methyl/N-ethyl adjacent to an activating group) is 1. The second-order valence-electron chi connectivity index (χ2n) is 7.77. The Morgan fingerprint density at radius 3 is 1.90 bits per heavy atom. The van der Waals surface area contributed by atoms with Gasteiger partial charge in [-0.15, -0.1) is 0 Å². The van der Waals surface area contributed by atoms with E-state index in [1.54, 1.807) is 20.9 Å². The zero-order valence-corrected chi connectivity index (χ0v) is 19.2. The minimum Gasteiger partial charge on any atom is -0.314 e. The summed E-state index contributed by atoms with van der Waals surface area (Å²) < 4.78 is 28.8. The van der Waals surface area contributed by atoms with E-state index in [1.165, 1.54) is 9.21 Å². The molecule has 3 aromatic carbocycles. The molecule has 0 heterocycles. The molecule has 0 bridgehead atoms. The predicted octanol–water partition coefficient (Wildman–Crippen LogP) is 4.47. The van der Waals surface area contributed by atoms with E-state index in [4.69, 9.17) is 0 Å². The van der Waals surface area contributed by atoms with Crippen molar-refractivity contribution < 1.29 is 13.2 Å². The molecule has 31 heavy (non-hydrogen) atoms. The van der Waals surface area contributed by atoms with Crippen molar-refractivity contribution >= 4 is 21.6 Å². The van der Waals surface area contributed by atoms with Crippen LogP contribution in [0.3, 0.4) is 0 Å². The predicted molar refractivity (Wildman–Crippen MR) is 125 cm³/mol. The van der Waals surface area contributed by atoms with E-state index >= 15 is 0 Å². The molecule has 3 rings (SSSR count).